The average molecular weight is 375 g/mol. The van der Waals surface area contributed by atoms with Crippen LogP contribution in [-0.4, -0.2) is 23.9 Å². The standard InChI is InChI=1S/C22H21N3O3/c1-3-15-7-9-17(10-8-15)24-21(26)16-11-12-23-20(13-16)22(27)25-18-5-4-6-19(14-18)28-2/h4-14H,3H2,1-2H3,(H,24,26)(H,25,27). The molecular weight excluding hydrogens is 354 g/mol. The Morgan fingerprint density at radius 1 is 0.929 bits per heavy atom. The van der Waals surface area contributed by atoms with E-state index in [9.17, 15) is 9.59 Å². The van der Waals surface area contributed by atoms with Crippen LogP contribution in [0.1, 0.15) is 33.3 Å². The first-order valence-corrected chi connectivity index (χ1v) is 8.91. The van der Waals surface area contributed by atoms with Crippen LogP contribution in [0.25, 0.3) is 0 Å². The van der Waals surface area contributed by atoms with Crippen LogP contribution in [-0.2, 0) is 6.42 Å². The summed E-state index contributed by atoms with van der Waals surface area (Å²) >= 11 is 0. The lowest BCUT2D eigenvalue weighted by atomic mass is 10.1. The molecular formula is C22H21N3O3. The highest BCUT2D eigenvalue weighted by atomic mass is 16.5. The molecule has 28 heavy (non-hydrogen) atoms. The number of hydrogen-bond donors (Lipinski definition) is 2. The Kier molecular flexibility index (Phi) is 6.01. The van der Waals surface area contributed by atoms with Crippen molar-refractivity contribution in [3.8, 4) is 5.75 Å². The molecule has 1 aromatic heterocycles. The molecule has 0 aliphatic heterocycles. The van der Waals surface area contributed by atoms with Crippen molar-refractivity contribution in [3.05, 3.63) is 83.7 Å². The van der Waals surface area contributed by atoms with Crippen molar-refractivity contribution in [1.29, 1.82) is 0 Å². The highest BCUT2D eigenvalue weighted by molar-refractivity contribution is 6.07. The number of rotatable bonds is 6. The number of anilines is 2. The van der Waals surface area contributed by atoms with Gasteiger partial charge in [0.2, 0.25) is 0 Å². The number of aryl methyl sites for hydroxylation is 1. The zero-order valence-corrected chi connectivity index (χ0v) is 15.7. The van der Waals surface area contributed by atoms with E-state index in [0.717, 1.165) is 6.42 Å². The van der Waals surface area contributed by atoms with Crippen molar-refractivity contribution in [3.63, 3.8) is 0 Å². The normalized spacial score (nSPS) is 10.2. The SMILES string of the molecule is CCc1ccc(NC(=O)c2ccnc(C(=O)Nc3cccc(OC)c3)c2)cc1. The van der Waals surface area contributed by atoms with Gasteiger partial charge in [0.25, 0.3) is 11.8 Å². The molecule has 2 amide bonds. The Bertz CT molecular complexity index is 984. The van der Waals surface area contributed by atoms with E-state index < -0.39 is 5.91 Å². The number of nitrogens with one attached hydrogen (secondary N) is 2. The van der Waals surface area contributed by atoms with Crippen molar-refractivity contribution >= 4 is 23.2 Å². The van der Waals surface area contributed by atoms with Gasteiger partial charge in [0, 0.05) is 29.2 Å². The second kappa shape index (κ2) is 8.81. The smallest absolute Gasteiger partial charge is 0.274 e. The van der Waals surface area contributed by atoms with Crippen molar-refractivity contribution in [2.45, 2.75) is 13.3 Å². The zero-order valence-electron chi connectivity index (χ0n) is 15.7. The third-order valence-electron chi connectivity index (χ3n) is 4.20. The van der Waals surface area contributed by atoms with Gasteiger partial charge in [-0.2, -0.15) is 0 Å². The number of nitrogens with zero attached hydrogens (tertiary/aromatic N) is 1. The van der Waals surface area contributed by atoms with E-state index in [-0.39, 0.29) is 11.6 Å². The van der Waals surface area contributed by atoms with Gasteiger partial charge in [0.1, 0.15) is 11.4 Å². The summed E-state index contributed by atoms with van der Waals surface area (Å²) in [6.45, 7) is 2.07. The fourth-order valence-electron chi connectivity index (χ4n) is 2.62. The molecule has 2 aromatic carbocycles. The lowest BCUT2D eigenvalue weighted by molar-refractivity contribution is 0.102. The number of methoxy groups -OCH3 is 1. The molecule has 3 aromatic rings. The third-order valence-corrected chi connectivity index (χ3v) is 4.20. The van der Waals surface area contributed by atoms with Crippen LogP contribution in [0.2, 0.25) is 0 Å². The molecule has 142 valence electrons. The third kappa shape index (κ3) is 4.73. The van der Waals surface area contributed by atoms with E-state index in [1.807, 2.05) is 24.3 Å². The minimum absolute atomic E-state index is 0.150. The summed E-state index contributed by atoms with van der Waals surface area (Å²) in [6, 6.07) is 17.7. The summed E-state index contributed by atoms with van der Waals surface area (Å²) in [5.41, 5.74) is 2.97. The lowest BCUT2D eigenvalue weighted by Gasteiger charge is -2.09. The molecule has 0 bridgehead atoms. The molecule has 0 radical (unpaired) electrons. The van der Waals surface area contributed by atoms with Gasteiger partial charge in [-0.05, 0) is 48.4 Å². The van der Waals surface area contributed by atoms with Crippen LogP contribution in [0, 0.1) is 0 Å². The minimum Gasteiger partial charge on any atom is -0.497 e. The fourth-order valence-corrected chi connectivity index (χ4v) is 2.62. The molecule has 0 aliphatic carbocycles. The Morgan fingerprint density at radius 2 is 1.68 bits per heavy atom. The Hall–Kier alpha value is -3.67. The summed E-state index contributed by atoms with van der Waals surface area (Å²) in [4.78, 5) is 29.0. The average Bonchev–Trinajstić information content (AvgIpc) is 2.74. The van der Waals surface area contributed by atoms with Gasteiger partial charge >= 0.3 is 0 Å². The summed E-state index contributed by atoms with van der Waals surface area (Å²) in [5, 5.41) is 5.57. The van der Waals surface area contributed by atoms with Crippen LogP contribution >= 0.6 is 0 Å². The molecule has 0 atom stereocenters. The van der Waals surface area contributed by atoms with E-state index in [2.05, 4.69) is 22.5 Å². The van der Waals surface area contributed by atoms with Gasteiger partial charge < -0.3 is 15.4 Å². The Morgan fingerprint density at radius 3 is 2.39 bits per heavy atom. The number of pyridine rings is 1. The molecule has 3 rings (SSSR count). The first-order chi connectivity index (χ1) is 13.6. The number of amides is 2. The fraction of sp³-hybridized carbons (Fsp3) is 0.136. The monoisotopic (exact) mass is 375 g/mol. The minimum atomic E-state index is -0.407. The maximum Gasteiger partial charge on any atom is 0.274 e. The highest BCUT2D eigenvalue weighted by Crippen LogP contribution is 2.18. The second-order valence-corrected chi connectivity index (χ2v) is 6.12. The molecule has 1 heterocycles. The molecule has 6 nitrogen and oxygen atoms in total. The van der Waals surface area contributed by atoms with Gasteiger partial charge in [0.15, 0.2) is 0 Å². The van der Waals surface area contributed by atoms with E-state index in [1.165, 1.54) is 17.8 Å². The number of ether oxygens (including phenoxy) is 1. The molecule has 6 heteroatoms. The molecule has 2 N–H and O–H groups in total. The molecule has 0 unspecified atom stereocenters. The first kappa shape index (κ1) is 19.1. The lowest BCUT2D eigenvalue weighted by Crippen LogP contribution is -2.17. The maximum absolute atomic E-state index is 12.5. The van der Waals surface area contributed by atoms with Crippen molar-refractivity contribution in [2.75, 3.05) is 17.7 Å². The van der Waals surface area contributed by atoms with Gasteiger partial charge in [-0.25, -0.2) is 0 Å². The van der Waals surface area contributed by atoms with Crippen molar-refractivity contribution < 1.29 is 14.3 Å². The number of carbonyl (C=O) groups is 2. The van der Waals surface area contributed by atoms with Gasteiger partial charge in [0.05, 0.1) is 7.11 Å². The van der Waals surface area contributed by atoms with E-state index in [0.29, 0.717) is 22.7 Å². The van der Waals surface area contributed by atoms with Gasteiger partial charge in [-0.1, -0.05) is 25.1 Å². The zero-order chi connectivity index (χ0) is 19.9. The van der Waals surface area contributed by atoms with E-state index in [4.69, 9.17) is 4.74 Å². The summed E-state index contributed by atoms with van der Waals surface area (Å²) in [6.07, 6.45) is 2.37. The highest BCUT2D eigenvalue weighted by Gasteiger charge is 2.13. The number of aromatic nitrogens is 1. The van der Waals surface area contributed by atoms with E-state index in [1.54, 1.807) is 37.4 Å². The summed E-state index contributed by atoms with van der Waals surface area (Å²) in [5.74, 6) is -0.0785. The molecule has 0 saturated heterocycles. The predicted molar refractivity (Wildman–Crippen MR) is 109 cm³/mol. The van der Waals surface area contributed by atoms with Crippen LogP contribution in [0.4, 0.5) is 11.4 Å². The summed E-state index contributed by atoms with van der Waals surface area (Å²) < 4.78 is 5.14. The topological polar surface area (TPSA) is 80.3 Å². The van der Waals surface area contributed by atoms with Gasteiger partial charge in [-0.3, -0.25) is 14.6 Å². The predicted octanol–water partition coefficient (Wildman–Crippen LogP) is 4.16. The van der Waals surface area contributed by atoms with Crippen LogP contribution in [0.5, 0.6) is 5.75 Å². The van der Waals surface area contributed by atoms with E-state index >= 15 is 0 Å². The second-order valence-electron chi connectivity index (χ2n) is 6.12. The maximum atomic E-state index is 12.5. The number of benzene rings is 2. The van der Waals surface area contributed by atoms with Crippen LogP contribution < -0.4 is 15.4 Å². The van der Waals surface area contributed by atoms with Crippen molar-refractivity contribution in [2.24, 2.45) is 0 Å². The quantitative estimate of drug-likeness (QED) is 0.678. The molecule has 0 fully saturated rings. The van der Waals surface area contributed by atoms with Gasteiger partial charge in [-0.15, -0.1) is 0 Å². The molecule has 0 saturated carbocycles. The largest absolute Gasteiger partial charge is 0.497 e. The summed E-state index contributed by atoms with van der Waals surface area (Å²) in [7, 11) is 1.56. The molecule has 0 spiro atoms. The number of hydrogen-bond acceptors (Lipinski definition) is 4. The van der Waals surface area contributed by atoms with Crippen LogP contribution in [0.15, 0.2) is 66.9 Å². The van der Waals surface area contributed by atoms with Crippen molar-refractivity contribution in [1.82, 2.24) is 4.98 Å². The molecule has 0 aliphatic rings. The van der Waals surface area contributed by atoms with Crippen LogP contribution in [0.3, 0.4) is 0 Å². The number of carbonyl (C=O) groups excluding carboxylic acids is 2. The first-order valence-electron chi connectivity index (χ1n) is 8.91. The Labute approximate surface area is 163 Å². The Balaban J connectivity index is 1.71.